The third kappa shape index (κ3) is 3.64. The number of hydrogen-bond donors (Lipinski definition) is 1. The number of carbonyl (C=O) groups excluding carboxylic acids is 1. The Kier molecular flexibility index (Phi) is 5.01. The Morgan fingerprint density at radius 3 is 2.70 bits per heavy atom. The number of carbonyl (C=O) groups is 1. The Labute approximate surface area is 163 Å². The molecule has 0 radical (unpaired) electrons. The fraction of sp³-hybridized carbons (Fsp3) is 0.316. The quantitative estimate of drug-likeness (QED) is 0.530. The molecule has 1 amide bonds. The number of fused-ring (bicyclic) bond motifs is 1. The van der Waals surface area contributed by atoms with Gasteiger partial charge in [-0.1, -0.05) is 23.9 Å². The second-order valence-electron chi connectivity index (χ2n) is 6.50. The molecule has 1 fully saturated rings. The van der Waals surface area contributed by atoms with Crippen molar-refractivity contribution in [2.24, 2.45) is 0 Å². The van der Waals surface area contributed by atoms with E-state index < -0.39 is 0 Å². The number of halogens is 1. The van der Waals surface area contributed by atoms with Gasteiger partial charge < -0.3 is 9.88 Å². The number of thiophene rings is 1. The summed E-state index contributed by atoms with van der Waals surface area (Å²) in [5.41, 5.74) is 1.26. The van der Waals surface area contributed by atoms with Crippen LogP contribution in [0.4, 0.5) is 4.39 Å². The van der Waals surface area contributed by atoms with Crippen molar-refractivity contribution in [1.82, 2.24) is 14.9 Å². The molecule has 1 aliphatic rings. The van der Waals surface area contributed by atoms with Crippen LogP contribution in [0.3, 0.4) is 0 Å². The van der Waals surface area contributed by atoms with Crippen LogP contribution in [0.25, 0.3) is 21.3 Å². The van der Waals surface area contributed by atoms with Crippen LogP contribution in [0, 0.1) is 5.82 Å². The van der Waals surface area contributed by atoms with E-state index in [-0.39, 0.29) is 22.5 Å². The molecule has 8 heteroatoms. The zero-order chi connectivity index (χ0) is 19.0. The van der Waals surface area contributed by atoms with Gasteiger partial charge in [0.1, 0.15) is 10.6 Å². The maximum atomic E-state index is 13.2. The third-order valence-electron chi connectivity index (χ3n) is 4.63. The fourth-order valence-corrected chi connectivity index (χ4v) is 5.13. The molecule has 1 N–H and O–H groups in total. The van der Waals surface area contributed by atoms with E-state index in [4.69, 9.17) is 0 Å². The lowest BCUT2D eigenvalue weighted by atomic mass is 10.1. The van der Waals surface area contributed by atoms with E-state index in [1.54, 1.807) is 12.1 Å². The molecule has 27 heavy (non-hydrogen) atoms. The Balaban J connectivity index is 1.62. The summed E-state index contributed by atoms with van der Waals surface area (Å²) < 4.78 is 13.2. The summed E-state index contributed by atoms with van der Waals surface area (Å²) in [6, 6.07) is 6.04. The number of H-pyrrole nitrogens is 1. The van der Waals surface area contributed by atoms with Crippen molar-refractivity contribution in [2.75, 3.05) is 13.1 Å². The van der Waals surface area contributed by atoms with Crippen molar-refractivity contribution in [3.63, 3.8) is 0 Å². The maximum absolute atomic E-state index is 13.2. The number of amides is 1. The molecule has 2 aromatic heterocycles. The number of aromatic nitrogens is 2. The standard InChI is InChI=1S/C19H18FN3O2S2/c1-11(18(25)23-8-2-3-9-23)27-19-21-16(24)15-14(10-26-17(15)22-19)12-4-6-13(20)7-5-12/h4-7,10-11H,2-3,8-9H2,1H3,(H,21,22,24)/t11-/m1/s1. The number of benzene rings is 1. The highest BCUT2D eigenvalue weighted by atomic mass is 32.2. The number of nitrogens with zero attached hydrogens (tertiary/aromatic N) is 2. The zero-order valence-electron chi connectivity index (χ0n) is 14.7. The van der Waals surface area contributed by atoms with Gasteiger partial charge in [0.05, 0.1) is 10.6 Å². The average Bonchev–Trinajstić information content (AvgIpc) is 3.31. The molecular weight excluding hydrogens is 385 g/mol. The molecule has 5 nitrogen and oxygen atoms in total. The van der Waals surface area contributed by atoms with Crippen LogP contribution in [0.1, 0.15) is 19.8 Å². The molecule has 4 rings (SSSR count). The number of rotatable bonds is 4. The van der Waals surface area contributed by atoms with Gasteiger partial charge in [-0.25, -0.2) is 9.37 Å². The fourth-order valence-electron chi connectivity index (χ4n) is 3.24. The second-order valence-corrected chi connectivity index (χ2v) is 8.69. The third-order valence-corrected chi connectivity index (χ3v) is 6.48. The Bertz CT molecular complexity index is 1040. The topological polar surface area (TPSA) is 66.1 Å². The van der Waals surface area contributed by atoms with E-state index in [9.17, 15) is 14.0 Å². The summed E-state index contributed by atoms with van der Waals surface area (Å²) in [5, 5.41) is 2.49. The van der Waals surface area contributed by atoms with E-state index in [0.717, 1.165) is 37.1 Å². The molecule has 0 spiro atoms. The second kappa shape index (κ2) is 7.44. The molecule has 140 valence electrons. The summed E-state index contributed by atoms with van der Waals surface area (Å²) in [6.45, 7) is 3.45. The van der Waals surface area contributed by atoms with Crippen LogP contribution in [0.5, 0.6) is 0 Å². The van der Waals surface area contributed by atoms with Crippen LogP contribution in [0.2, 0.25) is 0 Å². The van der Waals surface area contributed by atoms with E-state index in [2.05, 4.69) is 9.97 Å². The van der Waals surface area contributed by atoms with Crippen LogP contribution in [0.15, 0.2) is 39.6 Å². The first-order valence-corrected chi connectivity index (χ1v) is 10.5. The van der Waals surface area contributed by atoms with Gasteiger partial charge in [-0.15, -0.1) is 11.3 Å². The monoisotopic (exact) mass is 403 g/mol. The number of aromatic amines is 1. The van der Waals surface area contributed by atoms with Crippen LogP contribution in [-0.4, -0.2) is 39.1 Å². The van der Waals surface area contributed by atoms with E-state index in [0.29, 0.717) is 15.4 Å². The van der Waals surface area contributed by atoms with Gasteiger partial charge >= 0.3 is 0 Å². The number of thioether (sulfide) groups is 1. The van der Waals surface area contributed by atoms with Crippen LogP contribution >= 0.6 is 23.1 Å². The molecule has 0 unspecified atom stereocenters. The molecule has 1 aromatic carbocycles. The van der Waals surface area contributed by atoms with E-state index in [1.807, 2.05) is 17.2 Å². The Morgan fingerprint density at radius 1 is 1.30 bits per heavy atom. The van der Waals surface area contributed by atoms with Gasteiger partial charge in [-0.05, 0) is 37.5 Å². The van der Waals surface area contributed by atoms with Gasteiger partial charge in [0, 0.05) is 24.0 Å². The number of hydrogen-bond acceptors (Lipinski definition) is 5. The summed E-state index contributed by atoms with van der Waals surface area (Å²) in [4.78, 5) is 34.9. The van der Waals surface area contributed by atoms with Crippen molar-refractivity contribution in [2.45, 2.75) is 30.2 Å². The molecular formula is C19H18FN3O2S2. The predicted octanol–water partition coefficient (Wildman–Crippen LogP) is 3.89. The van der Waals surface area contributed by atoms with Gasteiger partial charge in [-0.2, -0.15) is 0 Å². The minimum absolute atomic E-state index is 0.0819. The molecule has 0 aliphatic carbocycles. The van der Waals surface area contributed by atoms with Crippen molar-refractivity contribution < 1.29 is 9.18 Å². The largest absolute Gasteiger partial charge is 0.342 e. The molecule has 3 aromatic rings. The summed E-state index contributed by atoms with van der Waals surface area (Å²) >= 11 is 2.64. The van der Waals surface area contributed by atoms with Gasteiger partial charge in [0.25, 0.3) is 5.56 Å². The SMILES string of the molecule is C[C@@H](Sc1nc2scc(-c3ccc(F)cc3)c2c(=O)[nH]1)C(=O)N1CCCC1. The highest BCUT2D eigenvalue weighted by molar-refractivity contribution is 8.00. The minimum Gasteiger partial charge on any atom is -0.342 e. The normalized spacial score (nSPS) is 15.4. The minimum atomic E-state index is -0.319. The maximum Gasteiger partial charge on any atom is 0.260 e. The van der Waals surface area contributed by atoms with Crippen molar-refractivity contribution >= 4 is 39.2 Å². The highest BCUT2D eigenvalue weighted by Gasteiger charge is 2.25. The van der Waals surface area contributed by atoms with Crippen LogP contribution < -0.4 is 5.56 Å². The first kappa shape index (κ1) is 18.2. The first-order chi connectivity index (χ1) is 13.0. The molecule has 1 aliphatic heterocycles. The highest BCUT2D eigenvalue weighted by Crippen LogP contribution is 2.32. The lowest BCUT2D eigenvalue weighted by Gasteiger charge is -2.19. The lowest BCUT2D eigenvalue weighted by Crippen LogP contribution is -2.34. The number of nitrogens with one attached hydrogen (secondary N) is 1. The molecule has 0 saturated carbocycles. The molecule has 1 saturated heterocycles. The summed E-state index contributed by atoms with van der Waals surface area (Å²) in [6.07, 6.45) is 2.09. The van der Waals surface area contributed by atoms with E-state index >= 15 is 0 Å². The smallest absolute Gasteiger partial charge is 0.260 e. The number of likely N-dealkylation sites (tertiary alicyclic amines) is 1. The summed E-state index contributed by atoms with van der Waals surface area (Å²) in [5.74, 6) is -0.237. The Hall–Kier alpha value is -2.19. The molecule has 3 heterocycles. The van der Waals surface area contributed by atoms with Crippen molar-refractivity contribution in [3.8, 4) is 11.1 Å². The predicted molar refractivity (Wildman–Crippen MR) is 107 cm³/mol. The Morgan fingerprint density at radius 2 is 2.00 bits per heavy atom. The van der Waals surface area contributed by atoms with Crippen LogP contribution in [-0.2, 0) is 4.79 Å². The average molecular weight is 404 g/mol. The van der Waals surface area contributed by atoms with Crippen molar-refractivity contribution in [1.29, 1.82) is 0 Å². The first-order valence-electron chi connectivity index (χ1n) is 8.76. The summed E-state index contributed by atoms with van der Waals surface area (Å²) in [7, 11) is 0. The lowest BCUT2D eigenvalue weighted by molar-refractivity contribution is -0.129. The zero-order valence-corrected chi connectivity index (χ0v) is 16.3. The van der Waals surface area contributed by atoms with Gasteiger partial charge in [0.2, 0.25) is 5.91 Å². The van der Waals surface area contributed by atoms with Gasteiger partial charge in [-0.3, -0.25) is 9.59 Å². The molecule has 1 atom stereocenters. The van der Waals surface area contributed by atoms with E-state index in [1.165, 1.54) is 35.2 Å². The van der Waals surface area contributed by atoms with Gasteiger partial charge in [0.15, 0.2) is 5.16 Å². The van der Waals surface area contributed by atoms with Crippen molar-refractivity contribution in [3.05, 3.63) is 45.8 Å². The molecule has 0 bridgehead atoms.